The van der Waals surface area contributed by atoms with Crippen LogP contribution in [0.25, 0.3) is 11.4 Å². The van der Waals surface area contributed by atoms with E-state index >= 15 is 0 Å². The van der Waals surface area contributed by atoms with Crippen LogP contribution in [0.5, 0.6) is 0 Å². The van der Waals surface area contributed by atoms with E-state index < -0.39 is 11.7 Å². The first-order valence-electron chi connectivity index (χ1n) is 6.91. The zero-order chi connectivity index (χ0) is 17.2. The smallest absolute Gasteiger partial charge is 0.376 e. The van der Waals surface area contributed by atoms with Crippen molar-refractivity contribution in [3.63, 3.8) is 0 Å². The number of alkyl halides is 3. The van der Waals surface area contributed by atoms with Gasteiger partial charge in [0.1, 0.15) is 0 Å². The van der Waals surface area contributed by atoms with Crippen LogP contribution in [0, 0.1) is 0 Å². The minimum Gasteiger partial charge on any atom is -0.376 e. The molecule has 1 heterocycles. The molecule has 0 aliphatic rings. The average Bonchev–Trinajstić information content (AvgIpc) is 3.03. The quantitative estimate of drug-likeness (QED) is 0.662. The van der Waals surface area contributed by atoms with E-state index in [1.54, 1.807) is 0 Å². The van der Waals surface area contributed by atoms with Gasteiger partial charge < -0.3 is 9.84 Å². The van der Waals surface area contributed by atoms with E-state index in [0.717, 1.165) is 22.3 Å². The molecule has 0 atom stereocenters. The molecular weight excluding hydrogens is 387 g/mol. The van der Waals surface area contributed by atoms with Gasteiger partial charge in [0, 0.05) is 15.7 Å². The number of halogens is 4. The molecule has 2 aromatic carbocycles. The zero-order valence-electron chi connectivity index (χ0n) is 12.1. The molecule has 0 unspecified atom stereocenters. The number of anilines is 1. The second-order valence-electron chi connectivity index (χ2n) is 4.95. The fourth-order valence-electron chi connectivity index (χ4n) is 2.00. The lowest BCUT2D eigenvalue weighted by Gasteiger charge is -2.05. The first kappa shape index (κ1) is 16.5. The van der Waals surface area contributed by atoms with Gasteiger partial charge in [-0.1, -0.05) is 33.2 Å². The highest BCUT2D eigenvalue weighted by molar-refractivity contribution is 9.10. The van der Waals surface area contributed by atoms with Crippen molar-refractivity contribution < 1.29 is 17.7 Å². The summed E-state index contributed by atoms with van der Waals surface area (Å²) >= 11 is 3.35. The summed E-state index contributed by atoms with van der Waals surface area (Å²) in [6.45, 7) is 0.315. The molecule has 0 amide bonds. The Morgan fingerprint density at radius 2 is 1.67 bits per heavy atom. The standard InChI is InChI=1S/C16H11BrF3N3O/c17-12-5-7-13(8-6-12)21-9-14-22-15(23-24-14)10-1-3-11(4-2-10)16(18,19)20/h1-8,21H,9H2. The summed E-state index contributed by atoms with van der Waals surface area (Å²) in [5, 5.41) is 6.91. The third-order valence-corrected chi connectivity index (χ3v) is 3.76. The summed E-state index contributed by atoms with van der Waals surface area (Å²) in [4.78, 5) is 4.17. The highest BCUT2D eigenvalue weighted by Gasteiger charge is 2.30. The Morgan fingerprint density at radius 3 is 2.29 bits per heavy atom. The van der Waals surface area contributed by atoms with Crippen molar-refractivity contribution in [2.75, 3.05) is 5.32 Å². The molecule has 0 saturated carbocycles. The van der Waals surface area contributed by atoms with Crippen LogP contribution in [-0.2, 0) is 12.7 Å². The predicted octanol–water partition coefficient (Wildman–Crippen LogP) is 5.13. The maximum absolute atomic E-state index is 12.6. The number of hydrogen-bond acceptors (Lipinski definition) is 4. The first-order valence-corrected chi connectivity index (χ1v) is 7.71. The molecule has 3 rings (SSSR count). The minimum atomic E-state index is -4.37. The second-order valence-corrected chi connectivity index (χ2v) is 5.86. The van der Waals surface area contributed by atoms with E-state index in [2.05, 4.69) is 31.4 Å². The Balaban J connectivity index is 1.68. The molecule has 1 aromatic heterocycles. The molecule has 3 aromatic rings. The summed E-state index contributed by atoms with van der Waals surface area (Å²) in [6.07, 6.45) is -4.37. The van der Waals surface area contributed by atoms with Gasteiger partial charge in [0.2, 0.25) is 11.7 Å². The van der Waals surface area contributed by atoms with Crippen LogP contribution >= 0.6 is 15.9 Å². The van der Waals surface area contributed by atoms with Crippen LogP contribution < -0.4 is 5.32 Å². The van der Waals surface area contributed by atoms with Gasteiger partial charge in [0.05, 0.1) is 12.1 Å². The van der Waals surface area contributed by atoms with Gasteiger partial charge in [-0.05, 0) is 36.4 Å². The highest BCUT2D eigenvalue weighted by Crippen LogP contribution is 2.30. The first-order chi connectivity index (χ1) is 11.4. The molecule has 1 N–H and O–H groups in total. The van der Waals surface area contributed by atoms with E-state index in [1.165, 1.54) is 12.1 Å². The van der Waals surface area contributed by atoms with E-state index in [9.17, 15) is 13.2 Å². The van der Waals surface area contributed by atoms with Crippen LogP contribution in [0.15, 0.2) is 57.5 Å². The molecule has 0 spiro atoms. The summed E-state index contributed by atoms with van der Waals surface area (Å²) in [7, 11) is 0. The predicted molar refractivity (Wildman–Crippen MR) is 86.2 cm³/mol. The summed E-state index contributed by atoms with van der Waals surface area (Å²) < 4.78 is 43.7. The normalized spacial score (nSPS) is 11.5. The lowest BCUT2D eigenvalue weighted by Crippen LogP contribution is -2.04. The van der Waals surface area contributed by atoms with Gasteiger partial charge in [0.25, 0.3) is 0 Å². The van der Waals surface area contributed by atoms with Crippen molar-refractivity contribution in [3.05, 3.63) is 64.5 Å². The van der Waals surface area contributed by atoms with E-state index in [-0.39, 0.29) is 5.82 Å². The Hall–Kier alpha value is -2.35. The van der Waals surface area contributed by atoms with Crippen molar-refractivity contribution in [2.24, 2.45) is 0 Å². The van der Waals surface area contributed by atoms with E-state index in [4.69, 9.17) is 4.52 Å². The van der Waals surface area contributed by atoms with Crippen LogP contribution in [0.4, 0.5) is 18.9 Å². The molecule has 0 radical (unpaired) electrons. The molecule has 4 nitrogen and oxygen atoms in total. The maximum Gasteiger partial charge on any atom is 0.416 e. The number of nitrogens with one attached hydrogen (secondary N) is 1. The number of rotatable bonds is 4. The molecule has 124 valence electrons. The van der Waals surface area contributed by atoms with Gasteiger partial charge >= 0.3 is 6.18 Å². The Morgan fingerprint density at radius 1 is 1.00 bits per heavy atom. The lowest BCUT2D eigenvalue weighted by atomic mass is 10.1. The summed E-state index contributed by atoms with van der Waals surface area (Å²) in [5.74, 6) is 0.587. The number of nitrogens with zero attached hydrogens (tertiary/aromatic N) is 2. The van der Waals surface area contributed by atoms with Crippen LogP contribution in [0.3, 0.4) is 0 Å². The zero-order valence-corrected chi connectivity index (χ0v) is 13.7. The van der Waals surface area contributed by atoms with E-state index in [0.29, 0.717) is 18.0 Å². The molecule has 0 bridgehead atoms. The van der Waals surface area contributed by atoms with Crippen molar-refractivity contribution >= 4 is 21.6 Å². The fraction of sp³-hybridized carbons (Fsp3) is 0.125. The van der Waals surface area contributed by atoms with Gasteiger partial charge in [-0.25, -0.2) is 0 Å². The third-order valence-electron chi connectivity index (χ3n) is 3.23. The Bertz CT molecular complexity index is 814. The number of benzene rings is 2. The fourth-order valence-corrected chi connectivity index (χ4v) is 2.26. The SMILES string of the molecule is FC(F)(F)c1ccc(-c2noc(CNc3ccc(Br)cc3)n2)cc1. The van der Waals surface area contributed by atoms with Crippen molar-refractivity contribution in [1.82, 2.24) is 10.1 Å². The monoisotopic (exact) mass is 397 g/mol. The van der Waals surface area contributed by atoms with Gasteiger partial charge in [-0.3, -0.25) is 0 Å². The summed E-state index contributed by atoms with van der Waals surface area (Å²) in [5.41, 5.74) is 0.626. The Labute approximate surface area is 143 Å². The number of aromatic nitrogens is 2. The van der Waals surface area contributed by atoms with Gasteiger partial charge in [0.15, 0.2) is 0 Å². The second kappa shape index (κ2) is 6.64. The molecule has 0 fully saturated rings. The van der Waals surface area contributed by atoms with Gasteiger partial charge in [-0.2, -0.15) is 18.2 Å². The largest absolute Gasteiger partial charge is 0.416 e. The maximum atomic E-state index is 12.6. The molecule has 0 saturated heterocycles. The van der Waals surface area contributed by atoms with Crippen LogP contribution in [0.1, 0.15) is 11.5 Å². The van der Waals surface area contributed by atoms with Crippen molar-refractivity contribution in [2.45, 2.75) is 12.7 Å². The van der Waals surface area contributed by atoms with Crippen LogP contribution in [-0.4, -0.2) is 10.1 Å². The topological polar surface area (TPSA) is 51.0 Å². The van der Waals surface area contributed by atoms with Gasteiger partial charge in [-0.15, -0.1) is 0 Å². The minimum absolute atomic E-state index is 0.247. The lowest BCUT2D eigenvalue weighted by molar-refractivity contribution is -0.137. The molecule has 0 aliphatic heterocycles. The van der Waals surface area contributed by atoms with Crippen molar-refractivity contribution in [3.8, 4) is 11.4 Å². The van der Waals surface area contributed by atoms with Crippen LogP contribution in [0.2, 0.25) is 0 Å². The molecular formula is C16H11BrF3N3O. The molecule has 8 heteroatoms. The Kier molecular flexibility index (Phi) is 4.57. The van der Waals surface area contributed by atoms with Crippen molar-refractivity contribution in [1.29, 1.82) is 0 Å². The third kappa shape index (κ3) is 3.94. The average molecular weight is 398 g/mol. The molecule has 24 heavy (non-hydrogen) atoms. The highest BCUT2D eigenvalue weighted by atomic mass is 79.9. The number of hydrogen-bond donors (Lipinski definition) is 1. The molecule has 0 aliphatic carbocycles. The summed E-state index contributed by atoms with van der Waals surface area (Å²) in [6, 6.07) is 12.2. The van der Waals surface area contributed by atoms with E-state index in [1.807, 2.05) is 24.3 Å².